The van der Waals surface area contributed by atoms with Gasteiger partial charge in [0, 0.05) is 65.2 Å². The lowest BCUT2D eigenvalue weighted by Gasteiger charge is -2.52. The third-order valence-electron chi connectivity index (χ3n) is 16.3. The van der Waals surface area contributed by atoms with Crippen molar-refractivity contribution in [2.45, 2.75) is 227 Å². The van der Waals surface area contributed by atoms with Gasteiger partial charge in [-0.15, -0.1) is 0 Å². The number of carbonyl (C=O) groups is 8. The number of esters is 5. The van der Waals surface area contributed by atoms with E-state index in [1.54, 1.807) is 39.0 Å². The summed E-state index contributed by atoms with van der Waals surface area (Å²) < 4.78 is 87.5. The molecule has 0 saturated carbocycles. The molecule has 3 N–H and O–H groups in total. The van der Waals surface area contributed by atoms with Crippen LogP contribution in [-0.2, 0) is 99.9 Å². The summed E-state index contributed by atoms with van der Waals surface area (Å²) in [6.45, 7) is 23.6. The average molecular weight is 1170 g/mol. The molecule has 25 atom stereocenters. The molecule has 2 amide bonds. The SMILES string of the molecule is CC(=O)NC1[C@H](O[C@@H]2C(CO[C@@H]3OC(COC(C)=O)[C@@H](C)[C@H](C)C3OC(C)=O)O[C@@H](OC3[C@H](C)OC(C(=O)Oc4ccccc4)[C@@](C)(O)[C@@H]3OC(C)=O)C(NC(C)=O)[C@H]2C)OC(C)[C@@H](O[C@@H]2OC(C(C)=O)[C@H](C)[C@H](C)C2OC(C)=O)[C@@H]1C. The first-order valence-corrected chi connectivity index (χ1v) is 28.0. The summed E-state index contributed by atoms with van der Waals surface area (Å²) in [6.07, 6.45) is -18.9. The van der Waals surface area contributed by atoms with Gasteiger partial charge >= 0.3 is 29.8 Å². The number of benzene rings is 1. The number of carbonyl (C=O) groups excluding carboxylic acids is 8. The van der Waals surface area contributed by atoms with E-state index in [-0.39, 0.29) is 35.9 Å². The Hall–Kier alpha value is -5.22. The van der Waals surface area contributed by atoms with Gasteiger partial charge in [0.15, 0.2) is 55.4 Å². The molecular weight excluding hydrogens is 1080 g/mol. The summed E-state index contributed by atoms with van der Waals surface area (Å²) in [5.74, 6) is -7.67. The third kappa shape index (κ3) is 15.7. The minimum Gasteiger partial charge on any atom is -0.463 e. The van der Waals surface area contributed by atoms with Gasteiger partial charge in [-0.1, -0.05) is 59.7 Å². The van der Waals surface area contributed by atoms with Crippen molar-refractivity contribution in [3.05, 3.63) is 30.3 Å². The maximum absolute atomic E-state index is 13.7. The van der Waals surface area contributed by atoms with Crippen molar-refractivity contribution in [3.63, 3.8) is 0 Å². The summed E-state index contributed by atoms with van der Waals surface area (Å²) in [5.41, 5.74) is -2.31. The van der Waals surface area contributed by atoms with Crippen LogP contribution in [0.15, 0.2) is 30.3 Å². The highest BCUT2D eigenvalue weighted by molar-refractivity contribution is 5.81. The monoisotopic (exact) mass is 1160 g/mol. The van der Waals surface area contributed by atoms with E-state index in [1.807, 2.05) is 27.7 Å². The second kappa shape index (κ2) is 28.1. The van der Waals surface area contributed by atoms with Gasteiger partial charge in [-0.25, -0.2) is 4.79 Å². The fourth-order valence-corrected chi connectivity index (χ4v) is 11.6. The van der Waals surface area contributed by atoms with Crippen LogP contribution in [0.25, 0.3) is 0 Å². The van der Waals surface area contributed by atoms with Crippen molar-refractivity contribution in [2.75, 3.05) is 13.2 Å². The van der Waals surface area contributed by atoms with Gasteiger partial charge in [0.05, 0.1) is 49.2 Å². The Balaban J connectivity index is 1.38. The number of ketones is 1. The van der Waals surface area contributed by atoms with E-state index < -0.39 is 182 Å². The maximum atomic E-state index is 13.7. The van der Waals surface area contributed by atoms with E-state index in [2.05, 4.69) is 10.6 Å². The minimum atomic E-state index is -2.31. The Morgan fingerprint density at radius 3 is 1.56 bits per heavy atom. The van der Waals surface area contributed by atoms with Crippen LogP contribution in [0.2, 0.25) is 0 Å². The van der Waals surface area contributed by atoms with Crippen LogP contribution in [0.3, 0.4) is 0 Å². The molecule has 0 bridgehead atoms. The zero-order valence-electron chi connectivity index (χ0n) is 49.6. The third-order valence-corrected chi connectivity index (χ3v) is 16.3. The van der Waals surface area contributed by atoms with Gasteiger partial charge in [0.2, 0.25) is 11.8 Å². The first-order chi connectivity index (χ1) is 38.4. The van der Waals surface area contributed by atoms with Crippen LogP contribution in [0.1, 0.15) is 111 Å². The average Bonchev–Trinajstić information content (AvgIpc) is 1.61. The van der Waals surface area contributed by atoms with Crippen molar-refractivity contribution >= 4 is 47.4 Å². The van der Waals surface area contributed by atoms with Gasteiger partial charge in [-0.3, -0.25) is 33.6 Å². The molecule has 5 heterocycles. The summed E-state index contributed by atoms with van der Waals surface area (Å²) in [6, 6.07) is 5.94. The van der Waals surface area contributed by atoms with Gasteiger partial charge < -0.3 is 82.1 Å². The lowest BCUT2D eigenvalue weighted by Crippen LogP contribution is -2.70. The predicted octanol–water partition coefficient (Wildman–Crippen LogP) is 3.00. The van der Waals surface area contributed by atoms with Crippen LogP contribution in [0, 0.1) is 35.5 Å². The Kier molecular flexibility index (Phi) is 22.6. The van der Waals surface area contributed by atoms with Crippen molar-refractivity contribution in [3.8, 4) is 5.75 Å². The molecule has 25 heteroatoms. The Bertz CT molecular complexity index is 2410. The van der Waals surface area contributed by atoms with E-state index in [1.165, 1.54) is 67.5 Å². The molecule has 1 aromatic rings. The molecular formula is C57H84N2O23. The molecule has 6 rings (SSSR count). The van der Waals surface area contributed by atoms with Gasteiger partial charge in [-0.05, 0) is 51.7 Å². The van der Waals surface area contributed by atoms with E-state index >= 15 is 0 Å². The van der Waals surface area contributed by atoms with E-state index in [9.17, 15) is 43.5 Å². The number of Topliss-reactive ketones (excluding diaryl/α,β-unsaturated/α-hetero) is 1. The first-order valence-electron chi connectivity index (χ1n) is 28.0. The summed E-state index contributed by atoms with van der Waals surface area (Å²) in [7, 11) is 0. The molecule has 0 aromatic heterocycles. The van der Waals surface area contributed by atoms with Crippen molar-refractivity contribution < 1.29 is 110 Å². The zero-order valence-corrected chi connectivity index (χ0v) is 49.6. The van der Waals surface area contributed by atoms with Gasteiger partial charge in [0.25, 0.3) is 0 Å². The molecule has 82 heavy (non-hydrogen) atoms. The topological polar surface area (TPSA) is 310 Å². The van der Waals surface area contributed by atoms with Gasteiger partial charge in [-0.2, -0.15) is 0 Å². The van der Waals surface area contributed by atoms with Crippen LogP contribution in [0.5, 0.6) is 5.75 Å². The van der Waals surface area contributed by atoms with E-state index in [4.69, 9.17) is 66.3 Å². The molecule has 10 unspecified atom stereocenters. The lowest BCUT2D eigenvalue weighted by atomic mass is 9.82. The van der Waals surface area contributed by atoms with Crippen LogP contribution in [-0.4, -0.2) is 182 Å². The number of nitrogens with one attached hydrogen (secondary N) is 2. The molecule has 5 aliphatic rings. The Morgan fingerprint density at radius 1 is 0.512 bits per heavy atom. The number of ether oxygens (including phenoxy) is 14. The highest BCUT2D eigenvalue weighted by Crippen LogP contribution is 2.42. The number of para-hydroxylation sites is 1. The molecule has 5 fully saturated rings. The minimum absolute atomic E-state index is 0.151. The largest absolute Gasteiger partial charge is 0.463 e. The molecule has 25 nitrogen and oxygen atoms in total. The molecule has 1 aromatic carbocycles. The normalized spacial score (nSPS) is 40.3. The molecule has 460 valence electrons. The number of aliphatic hydroxyl groups is 1. The van der Waals surface area contributed by atoms with Crippen LogP contribution >= 0.6 is 0 Å². The standard InChI is InChI=1S/C57H84N2O23/c1-24-25(2)47(73-36(13)64)55(77-40(24)22-69-35(12)63)70-23-41-46(81-53-42(58-33(10)61)28(5)45(31(8)72-53)80-56-48(74-37(14)65)27(4)26(3)44(79-56)30(7)60)29(6)43(59-34(11)62)54(78-41)82-49-32(9)71-51(57(16,68)50(49)75-38(15)66)52(67)76-39-20-18-17-19-21-39/h17-21,24-29,31-32,40-51,53-56,68H,22-23H2,1-16H3,(H,58,61)(H,59,62)/t24-,25-,26+,27-,28+,29+,31?,32-,40?,41?,42?,43?,44?,45-,46-,47?,48?,49?,50+,51?,53-,54-,55+,56-,57-/m0/s1. The van der Waals surface area contributed by atoms with Crippen molar-refractivity contribution in [1.29, 1.82) is 0 Å². The Labute approximate surface area is 478 Å². The number of hydrogen-bond acceptors (Lipinski definition) is 23. The smallest absolute Gasteiger partial charge is 0.343 e. The number of amides is 2. The van der Waals surface area contributed by atoms with E-state index in [0.717, 1.165) is 6.92 Å². The second-order valence-electron chi connectivity index (χ2n) is 22.7. The fraction of sp³-hybridized carbons (Fsp3) is 0.754. The highest BCUT2D eigenvalue weighted by atomic mass is 16.8. The molecule has 5 aliphatic heterocycles. The molecule has 0 aliphatic carbocycles. The highest BCUT2D eigenvalue weighted by Gasteiger charge is 2.60. The lowest BCUT2D eigenvalue weighted by molar-refractivity contribution is -0.358. The summed E-state index contributed by atoms with van der Waals surface area (Å²) >= 11 is 0. The molecule has 0 spiro atoms. The Morgan fingerprint density at radius 2 is 1.01 bits per heavy atom. The van der Waals surface area contributed by atoms with Crippen molar-refractivity contribution in [2.24, 2.45) is 35.5 Å². The quantitative estimate of drug-likeness (QED) is 0.102. The second-order valence-corrected chi connectivity index (χ2v) is 22.7. The number of hydrogen-bond donors (Lipinski definition) is 3. The summed E-state index contributed by atoms with van der Waals surface area (Å²) in [5, 5.41) is 18.1. The molecule has 5 saturated heterocycles. The first kappa shape index (κ1) is 65.9. The number of rotatable bonds is 19. The zero-order chi connectivity index (χ0) is 60.8. The van der Waals surface area contributed by atoms with Crippen LogP contribution in [0.4, 0.5) is 0 Å². The van der Waals surface area contributed by atoms with Crippen molar-refractivity contribution in [1.82, 2.24) is 10.6 Å². The summed E-state index contributed by atoms with van der Waals surface area (Å²) in [4.78, 5) is 103. The fourth-order valence-electron chi connectivity index (χ4n) is 11.6. The molecule has 0 radical (unpaired) electrons. The predicted molar refractivity (Wildman–Crippen MR) is 282 cm³/mol. The van der Waals surface area contributed by atoms with Gasteiger partial charge in [0.1, 0.15) is 36.3 Å². The van der Waals surface area contributed by atoms with Crippen LogP contribution < -0.4 is 15.4 Å². The maximum Gasteiger partial charge on any atom is 0.343 e. The van der Waals surface area contributed by atoms with E-state index in [0.29, 0.717) is 0 Å².